The lowest BCUT2D eigenvalue weighted by molar-refractivity contribution is -0.150. The van der Waals surface area contributed by atoms with Crippen LogP contribution in [0.15, 0.2) is 48.5 Å². The third-order valence-corrected chi connectivity index (χ3v) is 4.03. The van der Waals surface area contributed by atoms with E-state index in [0.717, 1.165) is 16.8 Å². The van der Waals surface area contributed by atoms with Crippen LogP contribution in [0, 0.1) is 6.92 Å². The number of hydrogen-bond donors (Lipinski definition) is 2. The van der Waals surface area contributed by atoms with Crippen molar-refractivity contribution >= 4 is 17.6 Å². The largest absolute Gasteiger partial charge is 0.462 e. The average Bonchev–Trinajstić information content (AvgIpc) is 2.62. The molecule has 27 heavy (non-hydrogen) atoms. The second-order valence-corrected chi connectivity index (χ2v) is 6.82. The number of esters is 1. The molecule has 0 heterocycles. The summed E-state index contributed by atoms with van der Waals surface area (Å²) in [6.07, 6.45) is -0.257. The van der Waals surface area contributed by atoms with Crippen LogP contribution in [-0.2, 0) is 9.53 Å². The van der Waals surface area contributed by atoms with Crippen LogP contribution in [0.2, 0.25) is 0 Å². The fraction of sp³-hybridized carbons (Fsp3) is 0.333. The van der Waals surface area contributed by atoms with Gasteiger partial charge in [-0.25, -0.2) is 10.2 Å². The summed E-state index contributed by atoms with van der Waals surface area (Å²) in [6.45, 7) is 5.51. The number of nitrogens with zero attached hydrogens (tertiary/aromatic N) is 1. The molecule has 0 saturated carbocycles. The molecule has 0 saturated heterocycles. The number of hydrogen-bond acceptors (Lipinski definition) is 5. The van der Waals surface area contributed by atoms with E-state index < -0.39 is 12.0 Å². The van der Waals surface area contributed by atoms with Crippen molar-refractivity contribution in [3.05, 3.63) is 65.2 Å². The molecule has 0 unspecified atom stereocenters. The van der Waals surface area contributed by atoms with Crippen LogP contribution >= 0.6 is 0 Å². The van der Waals surface area contributed by atoms with E-state index in [1.807, 2.05) is 50.2 Å². The van der Waals surface area contributed by atoms with Gasteiger partial charge in [-0.2, -0.15) is 0 Å². The van der Waals surface area contributed by atoms with Crippen molar-refractivity contribution in [3.63, 3.8) is 0 Å². The molecule has 6 nitrogen and oxygen atoms in total. The molecule has 144 valence electrons. The van der Waals surface area contributed by atoms with Crippen LogP contribution in [0.5, 0.6) is 0 Å². The molecule has 2 N–H and O–H groups in total. The number of aryl methyl sites for hydroxylation is 1. The van der Waals surface area contributed by atoms with E-state index in [-0.39, 0.29) is 12.0 Å². The summed E-state index contributed by atoms with van der Waals surface area (Å²) in [5.41, 5.74) is 8.66. The van der Waals surface area contributed by atoms with Gasteiger partial charge in [-0.1, -0.05) is 24.3 Å². The number of ether oxygens (including phenoxy) is 1. The Morgan fingerprint density at radius 2 is 1.70 bits per heavy atom. The van der Waals surface area contributed by atoms with Crippen molar-refractivity contribution in [2.24, 2.45) is 0 Å². The minimum Gasteiger partial charge on any atom is -0.462 e. The molecule has 0 fully saturated rings. The predicted molar refractivity (Wildman–Crippen MR) is 107 cm³/mol. The first-order valence-electron chi connectivity index (χ1n) is 8.89. The molecular weight excluding hydrogens is 342 g/mol. The van der Waals surface area contributed by atoms with Gasteiger partial charge in [0.25, 0.3) is 5.91 Å². The topological polar surface area (TPSA) is 70.7 Å². The summed E-state index contributed by atoms with van der Waals surface area (Å²) < 4.78 is 5.37. The van der Waals surface area contributed by atoms with Gasteiger partial charge in [0.15, 0.2) is 0 Å². The fourth-order valence-electron chi connectivity index (χ4n) is 2.63. The highest BCUT2D eigenvalue weighted by molar-refractivity contribution is 5.94. The summed E-state index contributed by atoms with van der Waals surface area (Å²) in [6, 6.07) is 13.8. The van der Waals surface area contributed by atoms with E-state index in [1.165, 1.54) is 0 Å². The lowest BCUT2D eigenvalue weighted by Crippen LogP contribution is -2.44. The summed E-state index contributed by atoms with van der Waals surface area (Å²) in [5, 5.41) is 0. The molecule has 0 aromatic heterocycles. The third kappa shape index (κ3) is 5.56. The smallest absolute Gasteiger partial charge is 0.329 e. The third-order valence-electron chi connectivity index (χ3n) is 4.03. The normalized spacial score (nSPS) is 11.8. The number of amides is 1. The van der Waals surface area contributed by atoms with Gasteiger partial charge in [0.05, 0.1) is 6.10 Å². The number of hydrazine groups is 1. The van der Waals surface area contributed by atoms with Gasteiger partial charge in [-0.05, 0) is 56.2 Å². The number of nitrogens with one attached hydrogen (secondary N) is 2. The fourth-order valence-corrected chi connectivity index (χ4v) is 2.63. The van der Waals surface area contributed by atoms with Crippen LogP contribution in [0.4, 0.5) is 5.69 Å². The zero-order chi connectivity index (χ0) is 20.0. The summed E-state index contributed by atoms with van der Waals surface area (Å²) >= 11 is 0. The number of anilines is 1. The molecule has 2 aromatic rings. The Hall–Kier alpha value is -2.86. The van der Waals surface area contributed by atoms with Crippen LogP contribution in [0.1, 0.15) is 41.4 Å². The minimum atomic E-state index is -0.809. The van der Waals surface area contributed by atoms with Crippen LogP contribution in [-0.4, -0.2) is 32.1 Å². The molecule has 0 aliphatic heterocycles. The van der Waals surface area contributed by atoms with Crippen LogP contribution < -0.4 is 15.8 Å². The van der Waals surface area contributed by atoms with Crippen molar-refractivity contribution < 1.29 is 14.3 Å². The maximum absolute atomic E-state index is 12.6. The summed E-state index contributed by atoms with van der Waals surface area (Å²) in [7, 11) is 3.91. The standard InChI is InChI=1S/C21H27N3O3/c1-14(2)27-21(26)19(18-12-11-17(24(4)5)13-15(18)3)22-23-20(25)16-9-7-6-8-10-16/h6-14,19,22H,1-5H3,(H,23,25)/t19-/m0/s1. The summed E-state index contributed by atoms with van der Waals surface area (Å²) in [4.78, 5) is 26.9. The van der Waals surface area contributed by atoms with E-state index >= 15 is 0 Å². The molecule has 0 radical (unpaired) electrons. The first-order valence-corrected chi connectivity index (χ1v) is 8.89. The molecule has 2 rings (SSSR count). The molecule has 2 aromatic carbocycles. The number of benzene rings is 2. The molecule has 0 spiro atoms. The van der Waals surface area contributed by atoms with Crippen molar-refractivity contribution in [2.75, 3.05) is 19.0 Å². The van der Waals surface area contributed by atoms with E-state index in [9.17, 15) is 9.59 Å². The second-order valence-electron chi connectivity index (χ2n) is 6.82. The lowest BCUT2D eigenvalue weighted by Gasteiger charge is -2.23. The van der Waals surface area contributed by atoms with E-state index in [2.05, 4.69) is 10.9 Å². The van der Waals surface area contributed by atoms with Gasteiger partial charge in [0, 0.05) is 25.3 Å². The van der Waals surface area contributed by atoms with Gasteiger partial charge >= 0.3 is 5.97 Å². The molecule has 1 atom stereocenters. The van der Waals surface area contributed by atoms with Gasteiger partial charge in [0.1, 0.15) is 6.04 Å². The Morgan fingerprint density at radius 3 is 2.26 bits per heavy atom. The van der Waals surface area contributed by atoms with Crippen molar-refractivity contribution in [3.8, 4) is 0 Å². The molecule has 0 aliphatic rings. The Kier molecular flexibility index (Phi) is 6.96. The molecule has 0 bridgehead atoms. The maximum Gasteiger partial charge on any atom is 0.329 e. The lowest BCUT2D eigenvalue weighted by atomic mass is 10.0. The highest BCUT2D eigenvalue weighted by Crippen LogP contribution is 2.24. The van der Waals surface area contributed by atoms with E-state index in [0.29, 0.717) is 5.56 Å². The van der Waals surface area contributed by atoms with Gasteiger partial charge < -0.3 is 9.64 Å². The van der Waals surface area contributed by atoms with Crippen LogP contribution in [0.25, 0.3) is 0 Å². The second kappa shape index (κ2) is 9.19. The van der Waals surface area contributed by atoms with Gasteiger partial charge in [-0.15, -0.1) is 0 Å². The first-order chi connectivity index (χ1) is 12.8. The molecular formula is C21H27N3O3. The highest BCUT2D eigenvalue weighted by atomic mass is 16.5. The Morgan fingerprint density at radius 1 is 1.04 bits per heavy atom. The van der Waals surface area contributed by atoms with Crippen molar-refractivity contribution in [2.45, 2.75) is 32.9 Å². The number of rotatable bonds is 7. The average molecular weight is 369 g/mol. The number of carbonyl (C=O) groups is 2. The van der Waals surface area contributed by atoms with Gasteiger partial charge in [0.2, 0.25) is 0 Å². The predicted octanol–water partition coefficient (Wildman–Crippen LogP) is 2.99. The molecule has 6 heteroatoms. The van der Waals surface area contributed by atoms with E-state index in [1.54, 1.807) is 38.1 Å². The first kappa shape index (κ1) is 20.5. The van der Waals surface area contributed by atoms with Crippen molar-refractivity contribution in [1.82, 2.24) is 10.9 Å². The quantitative estimate of drug-likeness (QED) is 0.580. The van der Waals surface area contributed by atoms with Gasteiger partial charge in [-0.3, -0.25) is 10.2 Å². The zero-order valence-corrected chi connectivity index (χ0v) is 16.4. The SMILES string of the molecule is Cc1cc(N(C)C)ccc1[C@H](NNC(=O)c1ccccc1)C(=O)OC(C)C. The van der Waals surface area contributed by atoms with Crippen molar-refractivity contribution in [1.29, 1.82) is 0 Å². The molecule has 0 aliphatic carbocycles. The highest BCUT2D eigenvalue weighted by Gasteiger charge is 2.25. The van der Waals surface area contributed by atoms with Crippen LogP contribution in [0.3, 0.4) is 0 Å². The molecule has 1 amide bonds. The maximum atomic E-state index is 12.6. The monoisotopic (exact) mass is 369 g/mol. The zero-order valence-electron chi connectivity index (χ0n) is 16.4. The Balaban J connectivity index is 2.24. The van der Waals surface area contributed by atoms with E-state index in [4.69, 9.17) is 4.74 Å². The minimum absolute atomic E-state index is 0.257. The number of carbonyl (C=O) groups excluding carboxylic acids is 2. The summed E-state index contributed by atoms with van der Waals surface area (Å²) in [5.74, 6) is -0.764. The Bertz CT molecular complexity index is 789. The Labute approximate surface area is 160 Å².